The molecule has 1 aliphatic rings. The summed E-state index contributed by atoms with van der Waals surface area (Å²) in [7, 11) is 0. The number of allylic oxidation sites excluding steroid dienone is 1. The van der Waals surface area contributed by atoms with Crippen molar-refractivity contribution in [1.82, 2.24) is 4.90 Å². The first-order chi connectivity index (χ1) is 8.22. The Morgan fingerprint density at radius 2 is 2.18 bits per heavy atom. The maximum absolute atomic E-state index is 12.0. The van der Waals surface area contributed by atoms with E-state index in [1.165, 1.54) is 5.56 Å². The van der Waals surface area contributed by atoms with Crippen molar-refractivity contribution in [3.63, 3.8) is 0 Å². The number of likely N-dealkylation sites (tertiary alicyclic amines) is 1. The van der Waals surface area contributed by atoms with Crippen LogP contribution in [-0.4, -0.2) is 17.4 Å². The zero-order valence-corrected chi connectivity index (χ0v) is 10.3. The molecule has 0 aliphatic carbocycles. The number of amides is 1. The average molecular weight is 229 g/mol. The highest BCUT2D eigenvalue weighted by molar-refractivity contribution is 5.79. The van der Waals surface area contributed by atoms with Crippen LogP contribution in [0.15, 0.2) is 43.0 Å². The van der Waals surface area contributed by atoms with Gasteiger partial charge < -0.3 is 4.90 Å². The molecule has 17 heavy (non-hydrogen) atoms. The fraction of sp³-hybridized carbons (Fsp3) is 0.400. The van der Waals surface area contributed by atoms with Crippen LogP contribution in [0.1, 0.15) is 31.4 Å². The second-order valence-electron chi connectivity index (χ2n) is 4.73. The lowest BCUT2D eigenvalue weighted by Gasteiger charge is -2.25. The topological polar surface area (TPSA) is 20.3 Å². The molecule has 1 aromatic rings. The van der Waals surface area contributed by atoms with Gasteiger partial charge in [0.25, 0.3) is 0 Å². The van der Waals surface area contributed by atoms with Gasteiger partial charge in [0, 0.05) is 13.0 Å². The minimum Gasteiger partial charge on any atom is -0.336 e. The number of carbonyl (C=O) groups excluding carboxylic acids is 1. The van der Waals surface area contributed by atoms with E-state index in [1.807, 2.05) is 29.2 Å². The van der Waals surface area contributed by atoms with Crippen LogP contribution in [0, 0.1) is 5.92 Å². The van der Waals surface area contributed by atoms with Gasteiger partial charge in [0.2, 0.25) is 5.91 Å². The molecule has 2 rings (SSSR count). The fourth-order valence-electron chi connectivity index (χ4n) is 2.49. The summed E-state index contributed by atoms with van der Waals surface area (Å²) in [5.41, 5.74) is 1.21. The molecule has 0 spiro atoms. The summed E-state index contributed by atoms with van der Waals surface area (Å²) in [6, 6.07) is 10.4. The SMILES string of the molecule is C=CC[C@H]1CC(=O)N([C@H](C)c2ccccc2)C1. The first kappa shape index (κ1) is 11.9. The highest BCUT2D eigenvalue weighted by Crippen LogP contribution is 2.29. The molecule has 1 aromatic carbocycles. The van der Waals surface area contributed by atoms with E-state index in [2.05, 4.69) is 25.6 Å². The Morgan fingerprint density at radius 3 is 2.82 bits per heavy atom. The molecule has 2 nitrogen and oxygen atoms in total. The second kappa shape index (κ2) is 5.17. The predicted octanol–water partition coefficient (Wildman–Crippen LogP) is 3.17. The van der Waals surface area contributed by atoms with Gasteiger partial charge in [0.15, 0.2) is 0 Å². The third-order valence-corrected chi connectivity index (χ3v) is 3.49. The molecule has 0 radical (unpaired) electrons. The minimum atomic E-state index is 0.179. The van der Waals surface area contributed by atoms with Crippen molar-refractivity contribution in [2.24, 2.45) is 5.92 Å². The van der Waals surface area contributed by atoms with Gasteiger partial charge in [0.1, 0.15) is 0 Å². The molecule has 1 aliphatic heterocycles. The van der Waals surface area contributed by atoms with Crippen molar-refractivity contribution in [3.8, 4) is 0 Å². The Labute approximate surface area is 103 Å². The van der Waals surface area contributed by atoms with E-state index in [0.29, 0.717) is 12.3 Å². The van der Waals surface area contributed by atoms with Gasteiger partial charge >= 0.3 is 0 Å². The maximum atomic E-state index is 12.0. The summed E-state index contributed by atoms with van der Waals surface area (Å²) >= 11 is 0. The summed E-state index contributed by atoms with van der Waals surface area (Å²) in [6.45, 7) is 6.71. The molecule has 2 atom stereocenters. The van der Waals surface area contributed by atoms with Gasteiger partial charge in [0.05, 0.1) is 6.04 Å². The smallest absolute Gasteiger partial charge is 0.223 e. The third kappa shape index (κ3) is 2.57. The Kier molecular flexibility index (Phi) is 3.62. The van der Waals surface area contributed by atoms with E-state index in [0.717, 1.165) is 13.0 Å². The van der Waals surface area contributed by atoms with Crippen molar-refractivity contribution in [2.75, 3.05) is 6.54 Å². The van der Waals surface area contributed by atoms with Gasteiger partial charge in [-0.3, -0.25) is 4.79 Å². The summed E-state index contributed by atoms with van der Waals surface area (Å²) in [6.07, 6.45) is 3.52. The summed E-state index contributed by atoms with van der Waals surface area (Å²) in [5, 5.41) is 0. The fourth-order valence-corrected chi connectivity index (χ4v) is 2.49. The number of benzene rings is 1. The molecule has 1 amide bonds. The minimum absolute atomic E-state index is 0.179. The normalized spacial score (nSPS) is 21.6. The molecule has 0 bridgehead atoms. The largest absolute Gasteiger partial charge is 0.336 e. The molecule has 1 saturated heterocycles. The van der Waals surface area contributed by atoms with Crippen molar-refractivity contribution in [3.05, 3.63) is 48.6 Å². The van der Waals surface area contributed by atoms with E-state index >= 15 is 0 Å². The molecule has 0 unspecified atom stereocenters. The molecular weight excluding hydrogens is 210 g/mol. The second-order valence-corrected chi connectivity index (χ2v) is 4.73. The first-order valence-electron chi connectivity index (χ1n) is 6.17. The van der Waals surface area contributed by atoms with Crippen LogP contribution in [0.2, 0.25) is 0 Å². The highest BCUT2D eigenvalue weighted by Gasteiger charge is 2.32. The van der Waals surface area contributed by atoms with Crippen LogP contribution in [0.25, 0.3) is 0 Å². The Bertz CT molecular complexity index is 399. The summed E-state index contributed by atoms with van der Waals surface area (Å²) < 4.78 is 0. The van der Waals surface area contributed by atoms with E-state index in [9.17, 15) is 4.79 Å². The van der Waals surface area contributed by atoms with Crippen LogP contribution in [0.5, 0.6) is 0 Å². The molecule has 1 fully saturated rings. The van der Waals surface area contributed by atoms with E-state index in [4.69, 9.17) is 0 Å². The van der Waals surface area contributed by atoms with E-state index < -0.39 is 0 Å². The Hall–Kier alpha value is -1.57. The van der Waals surface area contributed by atoms with Crippen LogP contribution < -0.4 is 0 Å². The number of hydrogen-bond donors (Lipinski definition) is 0. The van der Waals surface area contributed by atoms with Gasteiger partial charge in [-0.25, -0.2) is 0 Å². The van der Waals surface area contributed by atoms with Crippen molar-refractivity contribution < 1.29 is 4.79 Å². The number of hydrogen-bond acceptors (Lipinski definition) is 1. The van der Waals surface area contributed by atoms with E-state index in [1.54, 1.807) is 0 Å². The summed E-state index contributed by atoms with van der Waals surface area (Å²) in [5.74, 6) is 0.722. The quantitative estimate of drug-likeness (QED) is 0.726. The van der Waals surface area contributed by atoms with Crippen LogP contribution >= 0.6 is 0 Å². The molecule has 0 N–H and O–H groups in total. The number of carbonyl (C=O) groups is 1. The van der Waals surface area contributed by atoms with Crippen molar-refractivity contribution >= 4 is 5.91 Å². The molecule has 1 heterocycles. The molecule has 0 saturated carbocycles. The molecule has 0 aromatic heterocycles. The lowest BCUT2D eigenvalue weighted by Crippen LogP contribution is -2.28. The van der Waals surface area contributed by atoms with Crippen LogP contribution in [0.4, 0.5) is 0 Å². The van der Waals surface area contributed by atoms with Gasteiger partial charge in [-0.05, 0) is 24.8 Å². The molecule has 2 heteroatoms. The predicted molar refractivity (Wildman–Crippen MR) is 69.5 cm³/mol. The van der Waals surface area contributed by atoms with Crippen LogP contribution in [0.3, 0.4) is 0 Å². The Morgan fingerprint density at radius 1 is 1.47 bits per heavy atom. The van der Waals surface area contributed by atoms with Crippen molar-refractivity contribution in [2.45, 2.75) is 25.8 Å². The number of rotatable bonds is 4. The van der Waals surface area contributed by atoms with Crippen LogP contribution in [-0.2, 0) is 4.79 Å². The Balaban J connectivity index is 2.08. The third-order valence-electron chi connectivity index (χ3n) is 3.49. The first-order valence-corrected chi connectivity index (χ1v) is 6.17. The monoisotopic (exact) mass is 229 g/mol. The van der Waals surface area contributed by atoms with Gasteiger partial charge in [-0.2, -0.15) is 0 Å². The molecular formula is C15H19NO. The number of nitrogens with zero attached hydrogens (tertiary/aromatic N) is 1. The van der Waals surface area contributed by atoms with Gasteiger partial charge in [-0.1, -0.05) is 36.4 Å². The highest BCUT2D eigenvalue weighted by atomic mass is 16.2. The summed E-state index contributed by atoms with van der Waals surface area (Å²) in [4.78, 5) is 14.0. The van der Waals surface area contributed by atoms with E-state index in [-0.39, 0.29) is 11.9 Å². The average Bonchev–Trinajstić information content (AvgIpc) is 2.71. The lowest BCUT2D eigenvalue weighted by molar-refractivity contribution is -0.129. The standard InChI is InChI=1S/C15H19NO/c1-3-7-13-10-15(17)16(11-13)12(2)14-8-5-4-6-9-14/h3-6,8-9,12-13H,1,7,10-11H2,2H3/t12-,13+/m1/s1. The van der Waals surface area contributed by atoms with Gasteiger partial charge in [-0.15, -0.1) is 6.58 Å². The lowest BCUT2D eigenvalue weighted by atomic mass is 10.0. The van der Waals surface area contributed by atoms with Crippen molar-refractivity contribution in [1.29, 1.82) is 0 Å². The maximum Gasteiger partial charge on any atom is 0.223 e. The zero-order valence-electron chi connectivity index (χ0n) is 10.3. The molecule has 90 valence electrons. The zero-order chi connectivity index (χ0) is 12.3.